The van der Waals surface area contributed by atoms with Crippen molar-refractivity contribution in [3.8, 4) is 11.5 Å². The number of aromatic amines is 1. The van der Waals surface area contributed by atoms with Crippen molar-refractivity contribution < 1.29 is 0 Å². The summed E-state index contributed by atoms with van der Waals surface area (Å²) in [4.78, 5) is 18.9. The molecule has 6 heteroatoms. The summed E-state index contributed by atoms with van der Waals surface area (Å²) in [7, 11) is 1.62. The first-order chi connectivity index (χ1) is 6.29. The molecular formula is C7H7N5O. The summed E-state index contributed by atoms with van der Waals surface area (Å²) in [6.07, 6.45) is 4.67. The SMILES string of the molecule is Cn1c(-c2cnccn2)n[nH]c1=O. The second-order valence-corrected chi connectivity index (χ2v) is 2.50. The molecule has 0 aliphatic heterocycles. The van der Waals surface area contributed by atoms with E-state index in [-0.39, 0.29) is 5.69 Å². The van der Waals surface area contributed by atoms with Gasteiger partial charge < -0.3 is 0 Å². The van der Waals surface area contributed by atoms with Crippen molar-refractivity contribution in [1.29, 1.82) is 0 Å². The molecule has 0 atom stereocenters. The third kappa shape index (κ3) is 1.22. The van der Waals surface area contributed by atoms with E-state index >= 15 is 0 Å². The van der Waals surface area contributed by atoms with E-state index < -0.39 is 0 Å². The Morgan fingerprint density at radius 1 is 1.46 bits per heavy atom. The number of H-pyrrole nitrogens is 1. The quantitative estimate of drug-likeness (QED) is 0.641. The van der Waals surface area contributed by atoms with Crippen LogP contribution in [0.5, 0.6) is 0 Å². The van der Waals surface area contributed by atoms with E-state index in [9.17, 15) is 4.79 Å². The number of aromatic nitrogens is 5. The summed E-state index contributed by atoms with van der Waals surface area (Å²) >= 11 is 0. The van der Waals surface area contributed by atoms with E-state index in [0.29, 0.717) is 11.5 Å². The maximum Gasteiger partial charge on any atom is 0.343 e. The van der Waals surface area contributed by atoms with Crippen LogP contribution in [0.15, 0.2) is 23.4 Å². The number of hydrogen-bond donors (Lipinski definition) is 1. The van der Waals surface area contributed by atoms with Crippen LogP contribution in [0.1, 0.15) is 0 Å². The van der Waals surface area contributed by atoms with Crippen molar-refractivity contribution in [2.24, 2.45) is 7.05 Å². The lowest BCUT2D eigenvalue weighted by molar-refractivity contribution is 0.865. The van der Waals surface area contributed by atoms with Crippen LogP contribution in [0.3, 0.4) is 0 Å². The first-order valence-corrected chi connectivity index (χ1v) is 3.67. The lowest BCUT2D eigenvalue weighted by atomic mass is 10.4. The van der Waals surface area contributed by atoms with Gasteiger partial charge in [-0.25, -0.2) is 14.9 Å². The Morgan fingerprint density at radius 3 is 2.85 bits per heavy atom. The highest BCUT2D eigenvalue weighted by atomic mass is 16.1. The Morgan fingerprint density at radius 2 is 2.31 bits per heavy atom. The molecule has 0 spiro atoms. The molecule has 0 aliphatic carbocycles. The average molecular weight is 177 g/mol. The predicted molar refractivity (Wildman–Crippen MR) is 44.9 cm³/mol. The highest BCUT2D eigenvalue weighted by Crippen LogP contribution is 2.07. The number of nitrogens with zero attached hydrogens (tertiary/aromatic N) is 4. The number of hydrogen-bond acceptors (Lipinski definition) is 4. The van der Waals surface area contributed by atoms with Crippen LogP contribution in [0.4, 0.5) is 0 Å². The third-order valence-electron chi connectivity index (χ3n) is 1.67. The molecule has 6 nitrogen and oxygen atoms in total. The zero-order chi connectivity index (χ0) is 9.26. The first kappa shape index (κ1) is 7.66. The Hall–Kier alpha value is -1.98. The molecule has 0 amide bonds. The summed E-state index contributed by atoms with van der Waals surface area (Å²) in [5.74, 6) is 0.484. The predicted octanol–water partition coefficient (Wildman–Crippen LogP) is -0.435. The zero-order valence-corrected chi connectivity index (χ0v) is 6.93. The molecule has 1 N–H and O–H groups in total. The maximum absolute atomic E-state index is 11.0. The van der Waals surface area contributed by atoms with Gasteiger partial charge >= 0.3 is 5.69 Å². The molecule has 2 heterocycles. The van der Waals surface area contributed by atoms with Crippen molar-refractivity contribution in [3.63, 3.8) is 0 Å². The van der Waals surface area contributed by atoms with Gasteiger partial charge in [0.05, 0.1) is 6.20 Å². The van der Waals surface area contributed by atoms with Gasteiger partial charge in [-0.15, -0.1) is 0 Å². The van der Waals surface area contributed by atoms with Gasteiger partial charge in [-0.3, -0.25) is 9.55 Å². The molecule has 2 aromatic heterocycles. The molecule has 0 saturated heterocycles. The first-order valence-electron chi connectivity index (χ1n) is 3.67. The van der Waals surface area contributed by atoms with Crippen molar-refractivity contribution in [1.82, 2.24) is 24.7 Å². The summed E-state index contributed by atoms with van der Waals surface area (Å²) in [5, 5.41) is 6.13. The van der Waals surface area contributed by atoms with E-state index in [1.165, 1.54) is 4.57 Å². The lowest BCUT2D eigenvalue weighted by Gasteiger charge is -1.95. The molecule has 0 unspecified atom stereocenters. The van der Waals surface area contributed by atoms with Crippen molar-refractivity contribution in [2.45, 2.75) is 0 Å². The van der Waals surface area contributed by atoms with Crippen LogP contribution >= 0.6 is 0 Å². The molecule has 0 aromatic carbocycles. The van der Waals surface area contributed by atoms with E-state index in [4.69, 9.17) is 0 Å². The Labute approximate surface area is 73.3 Å². The topological polar surface area (TPSA) is 76.5 Å². The smallest absolute Gasteiger partial charge is 0.277 e. The van der Waals surface area contributed by atoms with E-state index in [0.717, 1.165) is 0 Å². The fraction of sp³-hybridized carbons (Fsp3) is 0.143. The summed E-state index contributed by atoms with van der Waals surface area (Å²) < 4.78 is 1.38. The Kier molecular flexibility index (Phi) is 1.66. The lowest BCUT2D eigenvalue weighted by Crippen LogP contribution is -2.13. The largest absolute Gasteiger partial charge is 0.343 e. The minimum atomic E-state index is -0.263. The Balaban J connectivity index is 2.60. The fourth-order valence-electron chi connectivity index (χ4n) is 0.991. The van der Waals surface area contributed by atoms with Crippen LogP contribution in [0.25, 0.3) is 11.5 Å². The third-order valence-corrected chi connectivity index (χ3v) is 1.67. The van der Waals surface area contributed by atoms with Gasteiger partial charge in [-0.05, 0) is 0 Å². The van der Waals surface area contributed by atoms with Crippen LogP contribution in [-0.4, -0.2) is 24.7 Å². The van der Waals surface area contributed by atoms with Crippen LogP contribution in [0, 0.1) is 0 Å². The van der Waals surface area contributed by atoms with Gasteiger partial charge in [0, 0.05) is 19.4 Å². The second-order valence-electron chi connectivity index (χ2n) is 2.50. The molecule has 13 heavy (non-hydrogen) atoms. The summed E-state index contributed by atoms with van der Waals surface area (Å²) in [5.41, 5.74) is 0.309. The van der Waals surface area contributed by atoms with Gasteiger partial charge in [0.1, 0.15) is 5.69 Å². The van der Waals surface area contributed by atoms with Gasteiger partial charge in [0.15, 0.2) is 5.82 Å². The van der Waals surface area contributed by atoms with Crippen LogP contribution < -0.4 is 5.69 Å². The minimum Gasteiger partial charge on any atom is -0.277 e. The second kappa shape index (κ2) is 2.81. The molecular weight excluding hydrogens is 170 g/mol. The van der Waals surface area contributed by atoms with E-state index in [1.807, 2.05) is 0 Å². The van der Waals surface area contributed by atoms with E-state index in [2.05, 4.69) is 20.2 Å². The normalized spacial score (nSPS) is 10.2. The molecule has 2 rings (SSSR count). The summed E-state index contributed by atoms with van der Waals surface area (Å²) in [6.45, 7) is 0. The summed E-state index contributed by atoms with van der Waals surface area (Å²) in [6, 6.07) is 0. The molecule has 0 aliphatic rings. The van der Waals surface area contributed by atoms with Crippen molar-refractivity contribution in [3.05, 3.63) is 29.1 Å². The van der Waals surface area contributed by atoms with E-state index in [1.54, 1.807) is 25.6 Å². The zero-order valence-electron chi connectivity index (χ0n) is 6.93. The maximum atomic E-state index is 11.0. The van der Waals surface area contributed by atoms with Crippen LogP contribution in [0.2, 0.25) is 0 Å². The van der Waals surface area contributed by atoms with Crippen molar-refractivity contribution in [2.75, 3.05) is 0 Å². The average Bonchev–Trinajstić information content (AvgIpc) is 2.49. The van der Waals surface area contributed by atoms with Gasteiger partial charge in [0.25, 0.3) is 0 Å². The monoisotopic (exact) mass is 177 g/mol. The molecule has 66 valence electrons. The number of rotatable bonds is 1. The van der Waals surface area contributed by atoms with Gasteiger partial charge in [0.2, 0.25) is 0 Å². The van der Waals surface area contributed by atoms with Gasteiger partial charge in [-0.1, -0.05) is 0 Å². The minimum absolute atomic E-state index is 0.263. The van der Waals surface area contributed by atoms with Crippen molar-refractivity contribution >= 4 is 0 Å². The molecule has 0 radical (unpaired) electrons. The Bertz CT molecular complexity index is 457. The molecule has 0 fully saturated rings. The highest BCUT2D eigenvalue weighted by molar-refractivity contribution is 5.46. The standard InChI is InChI=1S/C7H7N5O/c1-12-6(10-11-7(12)13)5-4-8-2-3-9-5/h2-4H,1H3,(H,11,13). The highest BCUT2D eigenvalue weighted by Gasteiger charge is 2.07. The van der Waals surface area contributed by atoms with Gasteiger partial charge in [-0.2, -0.15) is 5.10 Å². The molecule has 0 saturated carbocycles. The molecule has 2 aromatic rings. The number of nitrogens with one attached hydrogen (secondary N) is 1. The molecule has 0 bridgehead atoms. The fourth-order valence-corrected chi connectivity index (χ4v) is 0.991. The van der Waals surface area contributed by atoms with Crippen LogP contribution in [-0.2, 0) is 7.05 Å².